The van der Waals surface area contributed by atoms with E-state index in [2.05, 4.69) is 0 Å². The van der Waals surface area contributed by atoms with E-state index in [-0.39, 0.29) is 5.91 Å². The van der Waals surface area contributed by atoms with Crippen molar-refractivity contribution in [3.05, 3.63) is 29.8 Å². The van der Waals surface area contributed by atoms with Gasteiger partial charge in [0.25, 0.3) is 0 Å². The standard InChI is InChI=1S/C14H18N2O3S/c1-20(18,19)16-9-4-7-13(16)14(17)15-10-8-11-5-2-3-6-12(11)15/h2-3,5-6,13H,4,7-10H2,1H3/t13-/m1/s1. The molecule has 1 amide bonds. The Morgan fingerprint density at radius 3 is 2.75 bits per heavy atom. The SMILES string of the molecule is CS(=O)(=O)N1CCC[C@@H]1C(=O)N1CCc2ccccc21. The van der Waals surface area contributed by atoms with E-state index in [9.17, 15) is 13.2 Å². The quantitative estimate of drug-likeness (QED) is 0.817. The second-order valence-corrected chi connectivity index (χ2v) is 7.34. The molecule has 3 rings (SSSR count). The van der Waals surface area contributed by atoms with Gasteiger partial charge in [0.1, 0.15) is 6.04 Å². The van der Waals surface area contributed by atoms with Gasteiger partial charge in [-0.15, -0.1) is 0 Å². The van der Waals surface area contributed by atoms with Crippen molar-refractivity contribution in [1.82, 2.24) is 4.31 Å². The van der Waals surface area contributed by atoms with Gasteiger partial charge < -0.3 is 4.90 Å². The Kier molecular flexibility index (Phi) is 3.30. The average Bonchev–Trinajstić information content (AvgIpc) is 3.04. The molecule has 2 aliphatic rings. The Morgan fingerprint density at radius 1 is 1.25 bits per heavy atom. The van der Waals surface area contributed by atoms with Gasteiger partial charge in [0.2, 0.25) is 15.9 Å². The van der Waals surface area contributed by atoms with Crippen LogP contribution >= 0.6 is 0 Å². The lowest BCUT2D eigenvalue weighted by Gasteiger charge is -2.26. The number of benzene rings is 1. The summed E-state index contributed by atoms with van der Waals surface area (Å²) in [6.07, 6.45) is 3.38. The third-order valence-corrected chi connectivity index (χ3v) is 5.36. The molecule has 0 saturated carbocycles. The fourth-order valence-electron chi connectivity index (χ4n) is 3.13. The highest BCUT2D eigenvalue weighted by Crippen LogP contribution is 2.31. The highest BCUT2D eigenvalue weighted by molar-refractivity contribution is 7.88. The number of rotatable bonds is 2. The Labute approximate surface area is 119 Å². The summed E-state index contributed by atoms with van der Waals surface area (Å²) >= 11 is 0. The van der Waals surface area contributed by atoms with Crippen molar-refractivity contribution in [3.63, 3.8) is 0 Å². The number of carbonyl (C=O) groups excluding carboxylic acids is 1. The molecule has 0 aromatic heterocycles. The molecule has 2 aliphatic heterocycles. The lowest BCUT2D eigenvalue weighted by Crippen LogP contribution is -2.47. The first kappa shape index (κ1) is 13.6. The zero-order valence-corrected chi connectivity index (χ0v) is 12.3. The summed E-state index contributed by atoms with van der Waals surface area (Å²) in [4.78, 5) is 14.4. The van der Waals surface area contributed by atoms with Crippen LogP contribution in [0.1, 0.15) is 18.4 Å². The van der Waals surface area contributed by atoms with Crippen LogP contribution < -0.4 is 4.90 Å². The molecule has 0 aliphatic carbocycles. The highest BCUT2D eigenvalue weighted by Gasteiger charge is 2.40. The molecule has 1 aromatic rings. The molecule has 20 heavy (non-hydrogen) atoms. The highest BCUT2D eigenvalue weighted by atomic mass is 32.2. The minimum absolute atomic E-state index is 0.0853. The van der Waals surface area contributed by atoms with Crippen LogP contribution in [0.5, 0.6) is 0 Å². The van der Waals surface area contributed by atoms with Gasteiger partial charge in [0, 0.05) is 18.8 Å². The van der Waals surface area contributed by atoms with E-state index in [1.54, 1.807) is 4.90 Å². The molecule has 1 saturated heterocycles. The van der Waals surface area contributed by atoms with Crippen molar-refractivity contribution in [1.29, 1.82) is 0 Å². The maximum absolute atomic E-state index is 12.7. The maximum atomic E-state index is 12.7. The molecule has 0 N–H and O–H groups in total. The normalized spacial score (nSPS) is 23.1. The van der Waals surface area contributed by atoms with Gasteiger partial charge in [0.15, 0.2) is 0 Å². The second-order valence-electron chi connectivity index (χ2n) is 5.40. The van der Waals surface area contributed by atoms with Crippen molar-refractivity contribution in [2.45, 2.75) is 25.3 Å². The summed E-state index contributed by atoms with van der Waals surface area (Å²) < 4.78 is 24.9. The Bertz CT molecular complexity index is 642. The summed E-state index contributed by atoms with van der Waals surface area (Å²) in [5, 5.41) is 0. The second kappa shape index (κ2) is 4.86. The smallest absolute Gasteiger partial charge is 0.245 e. The number of fused-ring (bicyclic) bond motifs is 1. The zero-order chi connectivity index (χ0) is 14.3. The summed E-state index contributed by atoms with van der Waals surface area (Å²) in [7, 11) is -3.32. The first-order chi connectivity index (χ1) is 9.48. The fraction of sp³-hybridized carbons (Fsp3) is 0.500. The predicted molar refractivity (Wildman–Crippen MR) is 77.1 cm³/mol. The molecule has 0 unspecified atom stereocenters. The van der Waals surface area contributed by atoms with Gasteiger partial charge in [-0.3, -0.25) is 4.79 Å². The van der Waals surface area contributed by atoms with Crippen molar-refractivity contribution in [3.8, 4) is 0 Å². The summed E-state index contributed by atoms with van der Waals surface area (Å²) in [5.74, 6) is -0.0853. The molecule has 1 fully saturated rings. The van der Waals surface area contributed by atoms with E-state index in [0.717, 1.165) is 24.1 Å². The Hall–Kier alpha value is -1.40. The predicted octanol–water partition coefficient (Wildman–Crippen LogP) is 1.000. The van der Waals surface area contributed by atoms with Gasteiger partial charge in [0.05, 0.1) is 6.26 Å². The fourth-order valence-corrected chi connectivity index (χ4v) is 4.25. The number of hydrogen-bond donors (Lipinski definition) is 0. The lowest BCUT2D eigenvalue weighted by molar-refractivity contribution is -0.121. The van der Waals surface area contributed by atoms with Crippen LogP contribution in [0.4, 0.5) is 5.69 Å². The third kappa shape index (κ3) is 2.23. The molecular weight excluding hydrogens is 276 g/mol. The molecule has 108 valence electrons. The molecule has 0 bridgehead atoms. The molecule has 1 atom stereocenters. The van der Waals surface area contributed by atoms with Crippen LogP contribution in [0, 0.1) is 0 Å². The largest absolute Gasteiger partial charge is 0.310 e. The number of sulfonamides is 1. The third-order valence-electron chi connectivity index (χ3n) is 4.07. The number of carbonyl (C=O) groups is 1. The molecular formula is C14H18N2O3S. The van der Waals surface area contributed by atoms with Crippen LogP contribution in [0.2, 0.25) is 0 Å². The van der Waals surface area contributed by atoms with Crippen LogP contribution in [0.15, 0.2) is 24.3 Å². The molecule has 0 radical (unpaired) electrons. The van der Waals surface area contributed by atoms with Crippen molar-refractivity contribution >= 4 is 21.6 Å². The zero-order valence-electron chi connectivity index (χ0n) is 11.4. The van der Waals surface area contributed by atoms with E-state index in [0.29, 0.717) is 19.5 Å². The van der Waals surface area contributed by atoms with Gasteiger partial charge in [-0.05, 0) is 30.9 Å². The summed E-state index contributed by atoms with van der Waals surface area (Å²) in [6, 6.07) is 7.29. The van der Waals surface area contributed by atoms with E-state index in [1.165, 1.54) is 10.6 Å². The van der Waals surface area contributed by atoms with Crippen LogP contribution in [0.3, 0.4) is 0 Å². The van der Waals surface area contributed by atoms with E-state index in [4.69, 9.17) is 0 Å². The Balaban J connectivity index is 1.87. The number of nitrogens with zero attached hydrogens (tertiary/aromatic N) is 2. The van der Waals surface area contributed by atoms with E-state index in [1.807, 2.05) is 24.3 Å². The number of hydrogen-bond acceptors (Lipinski definition) is 3. The average molecular weight is 294 g/mol. The minimum atomic E-state index is -3.32. The maximum Gasteiger partial charge on any atom is 0.245 e. The Morgan fingerprint density at radius 2 is 2.00 bits per heavy atom. The van der Waals surface area contributed by atoms with Crippen molar-refractivity contribution in [2.75, 3.05) is 24.2 Å². The van der Waals surface area contributed by atoms with Crippen LogP contribution in [-0.4, -0.2) is 44.0 Å². The van der Waals surface area contributed by atoms with Gasteiger partial charge in [-0.25, -0.2) is 8.42 Å². The monoisotopic (exact) mass is 294 g/mol. The topological polar surface area (TPSA) is 57.7 Å². The van der Waals surface area contributed by atoms with Gasteiger partial charge in [-0.2, -0.15) is 4.31 Å². The lowest BCUT2D eigenvalue weighted by atomic mass is 10.1. The summed E-state index contributed by atoms with van der Waals surface area (Å²) in [6.45, 7) is 1.09. The van der Waals surface area contributed by atoms with Crippen LogP contribution in [0.25, 0.3) is 0 Å². The van der Waals surface area contributed by atoms with Gasteiger partial charge in [-0.1, -0.05) is 18.2 Å². The first-order valence-electron chi connectivity index (χ1n) is 6.84. The molecule has 1 aromatic carbocycles. The first-order valence-corrected chi connectivity index (χ1v) is 8.69. The van der Waals surface area contributed by atoms with Crippen molar-refractivity contribution < 1.29 is 13.2 Å². The van der Waals surface area contributed by atoms with E-state index < -0.39 is 16.1 Å². The van der Waals surface area contributed by atoms with Crippen LogP contribution in [-0.2, 0) is 21.2 Å². The van der Waals surface area contributed by atoms with Crippen molar-refractivity contribution in [2.24, 2.45) is 0 Å². The molecule has 5 nitrogen and oxygen atoms in total. The number of para-hydroxylation sites is 1. The number of anilines is 1. The molecule has 0 spiro atoms. The van der Waals surface area contributed by atoms with Gasteiger partial charge >= 0.3 is 0 Å². The summed E-state index contributed by atoms with van der Waals surface area (Å²) in [5.41, 5.74) is 2.09. The number of amides is 1. The molecule has 6 heteroatoms. The minimum Gasteiger partial charge on any atom is -0.310 e. The van der Waals surface area contributed by atoms with E-state index >= 15 is 0 Å². The molecule has 2 heterocycles.